The van der Waals surface area contributed by atoms with Gasteiger partial charge in [-0.1, -0.05) is 0 Å². The van der Waals surface area contributed by atoms with Crippen LogP contribution in [0.15, 0.2) is 18.3 Å². The molecule has 1 aromatic heterocycles. The zero-order valence-corrected chi connectivity index (χ0v) is 11.6. The molecule has 1 aliphatic rings. The summed E-state index contributed by atoms with van der Waals surface area (Å²) < 4.78 is 4.72. The third kappa shape index (κ3) is 3.23. The number of ether oxygens (including phenoxy) is 1. The number of piperidine rings is 1. The second-order valence-corrected chi connectivity index (χ2v) is 4.79. The Labute approximate surface area is 114 Å². The van der Waals surface area contributed by atoms with Crippen molar-refractivity contribution in [1.82, 2.24) is 10.3 Å². The number of nitrogens with one attached hydrogen (secondary N) is 1. The van der Waals surface area contributed by atoms with E-state index in [2.05, 4.69) is 15.2 Å². The van der Waals surface area contributed by atoms with Gasteiger partial charge in [-0.05, 0) is 38.4 Å². The summed E-state index contributed by atoms with van der Waals surface area (Å²) in [5.41, 5.74) is 1.42. The fraction of sp³-hybridized carbons (Fsp3) is 0.571. The number of likely N-dealkylation sites (N-methyl/N-ethyl adjacent to an activating group) is 1. The van der Waals surface area contributed by atoms with E-state index in [0.717, 1.165) is 18.8 Å². The normalized spacial score (nSPS) is 19.3. The van der Waals surface area contributed by atoms with Crippen LogP contribution in [-0.2, 0) is 4.74 Å². The van der Waals surface area contributed by atoms with Crippen LogP contribution >= 0.6 is 0 Å². The van der Waals surface area contributed by atoms with Gasteiger partial charge in [0.05, 0.1) is 7.11 Å². The zero-order chi connectivity index (χ0) is 13.7. The molecule has 1 saturated heterocycles. The summed E-state index contributed by atoms with van der Waals surface area (Å²) in [4.78, 5) is 18.0. The minimum atomic E-state index is -0.385. The largest absolute Gasteiger partial charge is 0.464 e. The number of pyridine rings is 1. The van der Waals surface area contributed by atoms with E-state index < -0.39 is 0 Å². The van der Waals surface area contributed by atoms with Gasteiger partial charge in [0.2, 0.25) is 0 Å². The Morgan fingerprint density at radius 2 is 2.42 bits per heavy atom. The van der Waals surface area contributed by atoms with E-state index in [-0.39, 0.29) is 5.97 Å². The molecule has 1 fully saturated rings. The number of aromatic nitrogens is 1. The van der Waals surface area contributed by atoms with Crippen molar-refractivity contribution in [2.45, 2.75) is 25.3 Å². The Balaban J connectivity index is 2.21. The summed E-state index contributed by atoms with van der Waals surface area (Å²) in [5.74, 6) is -0.385. The fourth-order valence-corrected chi connectivity index (χ4v) is 2.60. The van der Waals surface area contributed by atoms with E-state index >= 15 is 0 Å². The maximum Gasteiger partial charge on any atom is 0.356 e. The molecule has 0 bridgehead atoms. The first kappa shape index (κ1) is 13.8. The average molecular weight is 263 g/mol. The topological polar surface area (TPSA) is 54.5 Å². The van der Waals surface area contributed by atoms with Gasteiger partial charge in [0.15, 0.2) is 0 Å². The van der Waals surface area contributed by atoms with Crippen LogP contribution in [0.3, 0.4) is 0 Å². The van der Waals surface area contributed by atoms with Crippen LogP contribution in [0.25, 0.3) is 0 Å². The molecule has 1 aromatic rings. The van der Waals surface area contributed by atoms with Crippen LogP contribution < -0.4 is 10.2 Å². The monoisotopic (exact) mass is 263 g/mol. The van der Waals surface area contributed by atoms with Gasteiger partial charge in [0.1, 0.15) is 5.69 Å². The molecular weight excluding hydrogens is 242 g/mol. The van der Waals surface area contributed by atoms with E-state index in [1.807, 2.05) is 19.2 Å². The van der Waals surface area contributed by atoms with Crippen LogP contribution in [0.2, 0.25) is 0 Å². The van der Waals surface area contributed by atoms with Crippen molar-refractivity contribution >= 4 is 11.7 Å². The molecule has 1 unspecified atom stereocenters. The van der Waals surface area contributed by atoms with Gasteiger partial charge in [-0.25, -0.2) is 9.78 Å². The molecule has 104 valence electrons. The molecule has 2 rings (SSSR count). The molecule has 19 heavy (non-hydrogen) atoms. The minimum Gasteiger partial charge on any atom is -0.464 e. The Morgan fingerprint density at radius 3 is 3.16 bits per heavy atom. The van der Waals surface area contributed by atoms with Gasteiger partial charge in [-0.2, -0.15) is 0 Å². The van der Waals surface area contributed by atoms with E-state index in [9.17, 15) is 4.79 Å². The highest BCUT2D eigenvalue weighted by atomic mass is 16.5. The number of methoxy groups -OCH3 is 1. The SMILES string of the molecule is CNCC1CCCCN1c1ccnc(C(=O)OC)c1. The first-order chi connectivity index (χ1) is 9.26. The maximum absolute atomic E-state index is 11.5. The highest BCUT2D eigenvalue weighted by Gasteiger charge is 2.22. The van der Waals surface area contributed by atoms with Gasteiger partial charge in [0.25, 0.3) is 0 Å². The Kier molecular flexibility index (Phi) is 4.74. The van der Waals surface area contributed by atoms with Crippen LogP contribution in [0.4, 0.5) is 5.69 Å². The molecule has 5 heteroatoms. The Hall–Kier alpha value is -1.62. The van der Waals surface area contributed by atoms with E-state index in [1.165, 1.54) is 26.4 Å². The molecule has 2 heterocycles. The van der Waals surface area contributed by atoms with Crippen LogP contribution in [-0.4, -0.2) is 44.2 Å². The Morgan fingerprint density at radius 1 is 1.58 bits per heavy atom. The van der Waals surface area contributed by atoms with Crippen LogP contribution in [0, 0.1) is 0 Å². The summed E-state index contributed by atoms with van der Waals surface area (Å²) in [7, 11) is 3.35. The molecule has 0 aliphatic carbocycles. The molecule has 1 N–H and O–H groups in total. The number of anilines is 1. The molecule has 5 nitrogen and oxygen atoms in total. The minimum absolute atomic E-state index is 0.369. The second-order valence-electron chi connectivity index (χ2n) is 4.79. The first-order valence-electron chi connectivity index (χ1n) is 6.72. The quantitative estimate of drug-likeness (QED) is 0.833. The van der Waals surface area contributed by atoms with Crippen molar-refractivity contribution in [2.24, 2.45) is 0 Å². The van der Waals surface area contributed by atoms with Crippen molar-refractivity contribution in [3.63, 3.8) is 0 Å². The second kappa shape index (κ2) is 6.52. The lowest BCUT2D eigenvalue weighted by Crippen LogP contribution is -2.45. The van der Waals surface area contributed by atoms with E-state index in [4.69, 9.17) is 4.74 Å². The molecule has 0 amide bonds. The first-order valence-corrected chi connectivity index (χ1v) is 6.72. The van der Waals surface area contributed by atoms with Gasteiger partial charge >= 0.3 is 5.97 Å². The van der Waals surface area contributed by atoms with Crippen molar-refractivity contribution in [3.8, 4) is 0 Å². The highest BCUT2D eigenvalue weighted by Crippen LogP contribution is 2.24. The molecule has 1 atom stereocenters. The summed E-state index contributed by atoms with van der Waals surface area (Å²) in [6, 6.07) is 4.26. The predicted molar refractivity (Wildman–Crippen MR) is 74.5 cm³/mol. The smallest absolute Gasteiger partial charge is 0.356 e. The third-order valence-corrected chi connectivity index (χ3v) is 3.54. The molecule has 0 spiro atoms. The van der Waals surface area contributed by atoms with Crippen LogP contribution in [0.1, 0.15) is 29.8 Å². The van der Waals surface area contributed by atoms with Gasteiger partial charge in [-0.15, -0.1) is 0 Å². The fourth-order valence-electron chi connectivity index (χ4n) is 2.60. The number of carbonyl (C=O) groups excluding carboxylic acids is 1. The van der Waals surface area contributed by atoms with Crippen molar-refractivity contribution < 1.29 is 9.53 Å². The summed E-state index contributed by atoms with van der Waals surface area (Å²) in [6.07, 6.45) is 5.30. The number of esters is 1. The lowest BCUT2D eigenvalue weighted by molar-refractivity contribution is 0.0594. The zero-order valence-electron chi connectivity index (χ0n) is 11.6. The van der Waals surface area contributed by atoms with Gasteiger partial charge < -0.3 is 15.0 Å². The summed E-state index contributed by atoms with van der Waals surface area (Å²) in [6.45, 7) is 1.98. The average Bonchev–Trinajstić information content (AvgIpc) is 2.47. The van der Waals surface area contributed by atoms with E-state index in [0.29, 0.717) is 11.7 Å². The van der Waals surface area contributed by atoms with Crippen LogP contribution in [0.5, 0.6) is 0 Å². The van der Waals surface area contributed by atoms with E-state index in [1.54, 1.807) is 6.20 Å². The number of rotatable bonds is 4. The van der Waals surface area contributed by atoms with Crippen molar-refractivity contribution in [3.05, 3.63) is 24.0 Å². The standard InChI is InChI=1S/C14H21N3O2/c1-15-10-12-5-3-4-8-17(12)11-6-7-16-13(9-11)14(18)19-2/h6-7,9,12,15H,3-5,8,10H2,1-2H3. The lowest BCUT2D eigenvalue weighted by Gasteiger charge is -2.37. The number of carbonyl (C=O) groups is 1. The highest BCUT2D eigenvalue weighted by molar-refractivity contribution is 5.88. The summed E-state index contributed by atoms with van der Waals surface area (Å²) >= 11 is 0. The van der Waals surface area contributed by atoms with Crippen molar-refractivity contribution in [2.75, 3.05) is 32.1 Å². The maximum atomic E-state index is 11.5. The molecule has 0 saturated carbocycles. The van der Waals surface area contributed by atoms with Gasteiger partial charge in [-0.3, -0.25) is 0 Å². The number of nitrogens with zero attached hydrogens (tertiary/aromatic N) is 2. The lowest BCUT2D eigenvalue weighted by atomic mass is 10.0. The molecular formula is C14H21N3O2. The Bertz CT molecular complexity index is 434. The molecule has 1 aliphatic heterocycles. The molecule has 0 radical (unpaired) electrons. The number of hydrogen-bond acceptors (Lipinski definition) is 5. The van der Waals surface area contributed by atoms with Gasteiger partial charge in [0, 0.05) is 31.0 Å². The third-order valence-electron chi connectivity index (χ3n) is 3.54. The summed E-state index contributed by atoms with van der Waals surface area (Å²) in [5, 5.41) is 3.24. The predicted octanol–water partition coefficient (Wildman–Crippen LogP) is 1.45. The number of hydrogen-bond donors (Lipinski definition) is 1. The molecule has 0 aromatic carbocycles. The van der Waals surface area contributed by atoms with Crippen molar-refractivity contribution in [1.29, 1.82) is 0 Å².